The number of carbonyl (C=O) groups is 2. The number of amides is 2. The van der Waals surface area contributed by atoms with Crippen molar-refractivity contribution >= 4 is 33.4 Å². The summed E-state index contributed by atoms with van der Waals surface area (Å²) in [6.07, 6.45) is 1.96. The highest BCUT2D eigenvalue weighted by Gasteiger charge is 2.19. The predicted molar refractivity (Wildman–Crippen MR) is 79.5 cm³/mol. The molecule has 0 aromatic heterocycles. The Morgan fingerprint density at radius 2 is 2.20 bits per heavy atom. The summed E-state index contributed by atoms with van der Waals surface area (Å²) in [6, 6.07) is 5.37. The van der Waals surface area contributed by atoms with Crippen LogP contribution in [0.3, 0.4) is 0 Å². The van der Waals surface area contributed by atoms with E-state index in [4.69, 9.17) is 4.74 Å². The van der Waals surface area contributed by atoms with Crippen LogP contribution in [0.1, 0.15) is 18.4 Å². The Bertz CT molecular complexity index is 513. The van der Waals surface area contributed by atoms with Crippen molar-refractivity contribution in [3.05, 3.63) is 28.2 Å². The van der Waals surface area contributed by atoms with Gasteiger partial charge in [-0.25, -0.2) is 0 Å². The van der Waals surface area contributed by atoms with E-state index in [0.29, 0.717) is 12.2 Å². The van der Waals surface area contributed by atoms with Crippen molar-refractivity contribution < 1.29 is 14.3 Å². The number of benzene rings is 1. The lowest BCUT2D eigenvalue weighted by Gasteiger charge is -2.11. The van der Waals surface area contributed by atoms with E-state index in [-0.39, 0.29) is 6.10 Å². The molecule has 1 aliphatic heterocycles. The van der Waals surface area contributed by atoms with E-state index in [0.717, 1.165) is 29.5 Å². The fourth-order valence-corrected chi connectivity index (χ4v) is 2.25. The van der Waals surface area contributed by atoms with Gasteiger partial charge in [0.15, 0.2) is 0 Å². The molecule has 6 heteroatoms. The molecule has 1 saturated heterocycles. The van der Waals surface area contributed by atoms with E-state index >= 15 is 0 Å². The largest absolute Gasteiger partial charge is 0.376 e. The second-order valence-electron chi connectivity index (χ2n) is 4.76. The van der Waals surface area contributed by atoms with Crippen molar-refractivity contribution in [1.29, 1.82) is 0 Å². The van der Waals surface area contributed by atoms with E-state index in [1.807, 2.05) is 13.0 Å². The molecule has 20 heavy (non-hydrogen) atoms. The average molecular weight is 341 g/mol. The third-order valence-corrected chi connectivity index (χ3v) is 4.03. The first-order valence-corrected chi connectivity index (χ1v) is 7.32. The minimum atomic E-state index is -0.662. The second-order valence-corrected chi connectivity index (χ2v) is 5.62. The fraction of sp³-hybridized carbons (Fsp3) is 0.429. The van der Waals surface area contributed by atoms with Crippen molar-refractivity contribution in [1.82, 2.24) is 5.32 Å². The first-order valence-electron chi connectivity index (χ1n) is 6.53. The Morgan fingerprint density at radius 3 is 2.85 bits per heavy atom. The van der Waals surface area contributed by atoms with Gasteiger partial charge in [-0.15, -0.1) is 0 Å². The molecule has 0 unspecified atom stereocenters. The van der Waals surface area contributed by atoms with Crippen molar-refractivity contribution in [3.63, 3.8) is 0 Å². The molecule has 1 aromatic carbocycles. The summed E-state index contributed by atoms with van der Waals surface area (Å²) in [5, 5.41) is 5.16. The number of nitrogens with one attached hydrogen (secondary N) is 2. The van der Waals surface area contributed by atoms with Crippen molar-refractivity contribution in [2.24, 2.45) is 0 Å². The van der Waals surface area contributed by atoms with Crippen LogP contribution in [-0.4, -0.2) is 31.1 Å². The molecule has 108 valence electrons. The number of ether oxygens (including phenoxy) is 1. The van der Waals surface area contributed by atoms with Crippen LogP contribution in [0.5, 0.6) is 0 Å². The molecule has 0 aliphatic carbocycles. The van der Waals surface area contributed by atoms with Gasteiger partial charge in [0.2, 0.25) is 0 Å². The zero-order valence-electron chi connectivity index (χ0n) is 11.2. The van der Waals surface area contributed by atoms with Crippen molar-refractivity contribution in [2.75, 3.05) is 18.5 Å². The SMILES string of the molecule is Cc1cc(NC(=O)C(=O)NC[C@H]2CCCO2)ccc1Br. The number of rotatable bonds is 3. The molecule has 0 spiro atoms. The molecule has 1 fully saturated rings. The molecule has 2 amide bonds. The molecule has 2 rings (SSSR count). The molecule has 1 aromatic rings. The van der Waals surface area contributed by atoms with Gasteiger partial charge in [0.05, 0.1) is 6.10 Å². The van der Waals surface area contributed by atoms with Crippen LogP contribution in [-0.2, 0) is 14.3 Å². The van der Waals surface area contributed by atoms with Gasteiger partial charge in [-0.1, -0.05) is 15.9 Å². The molecule has 2 N–H and O–H groups in total. The van der Waals surface area contributed by atoms with Crippen LogP contribution in [0.4, 0.5) is 5.69 Å². The Hall–Kier alpha value is -1.40. The lowest BCUT2D eigenvalue weighted by molar-refractivity contribution is -0.136. The Kier molecular flexibility index (Phi) is 5.14. The average Bonchev–Trinajstić information content (AvgIpc) is 2.93. The van der Waals surface area contributed by atoms with E-state index in [1.165, 1.54) is 0 Å². The third kappa shape index (κ3) is 4.05. The second kappa shape index (κ2) is 6.85. The van der Waals surface area contributed by atoms with E-state index in [9.17, 15) is 9.59 Å². The van der Waals surface area contributed by atoms with Gasteiger partial charge in [-0.3, -0.25) is 9.59 Å². The first kappa shape index (κ1) is 15.0. The van der Waals surface area contributed by atoms with Crippen LogP contribution in [0.2, 0.25) is 0 Å². The van der Waals surface area contributed by atoms with Gasteiger partial charge >= 0.3 is 11.8 Å². The van der Waals surface area contributed by atoms with Gasteiger partial charge in [-0.05, 0) is 43.5 Å². The molecule has 1 atom stereocenters. The topological polar surface area (TPSA) is 67.4 Å². The normalized spacial score (nSPS) is 17.8. The molecule has 0 saturated carbocycles. The maximum Gasteiger partial charge on any atom is 0.313 e. The summed E-state index contributed by atoms with van der Waals surface area (Å²) >= 11 is 3.38. The summed E-state index contributed by atoms with van der Waals surface area (Å²) in [5.41, 5.74) is 1.59. The Balaban J connectivity index is 1.83. The standard InChI is InChI=1S/C14H17BrN2O3/c1-9-7-10(4-5-12(9)15)17-14(19)13(18)16-8-11-3-2-6-20-11/h4-5,7,11H,2-3,6,8H2,1H3,(H,16,18)(H,17,19)/t11-/m1/s1. The van der Waals surface area contributed by atoms with Crippen LogP contribution >= 0.6 is 15.9 Å². The first-order chi connectivity index (χ1) is 9.56. The molecule has 5 nitrogen and oxygen atoms in total. The van der Waals surface area contributed by atoms with E-state index < -0.39 is 11.8 Å². The Morgan fingerprint density at radius 1 is 1.40 bits per heavy atom. The number of hydrogen-bond donors (Lipinski definition) is 2. The lowest BCUT2D eigenvalue weighted by atomic mass is 10.2. The van der Waals surface area contributed by atoms with Crippen LogP contribution in [0.15, 0.2) is 22.7 Å². The van der Waals surface area contributed by atoms with Gasteiger partial charge in [0.25, 0.3) is 0 Å². The summed E-state index contributed by atoms with van der Waals surface area (Å²) < 4.78 is 6.34. The highest BCUT2D eigenvalue weighted by Crippen LogP contribution is 2.19. The van der Waals surface area contributed by atoms with Crippen LogP contribution in [0, 0.1) is 6.92 Å². The summed E-state index contributed by atoms with van der Waals surface area (Å²) in [5.74, 6) is -1.30. The van der Waals surface area contributed by atoms with Crippen LogP contribution < -0.4 is 10.6 Å². The van der Waals surface area contributed by atoms with Gasteiger partial charge in [-0.2, -0.15) is 0 Å². The maximum atomic E-state index is 11.7. The molecular formula is C14H17BrN2O3. The van der Waals surface area contributed by atoms with Crippen molar-refractivity contribution in [3.8, 4) is 0 Å². The monoisotopic (exact) mass is 340 g/mol. The minimum Gasteiger partial charge on any atom is -0.376 e. The summed E-state index contributed by atoms with van der Waals surface area (Å²) in [7, 11) is 0. The van der Waals surface area contributed by atoms with Crippen molar-refractivity contribution in [2.45, 2.75) is 25.9 Å². The number of hydrogen-bond acceptors (Lipinski definition) is 3. The van der Waals surface area contributed by atoms with E-state index in [1.54, 1.807) is 12.1 Å². The third-order valence-electron chi connectivity index (χ3n) is 3.14. The maximum absolute atomic E-state index is 11.7. The van der Waals surface area contributed by atoms with Gasteiger partial charge < -0.3 is 15.4 Å². The minimum absolute atomic E-state index is 0.0293. The molecule has 0 radical (unpaired) electrons. The molecule has 1 aliphatic rings. The van der Waals surface area contributed by atoms with Crippen LogP contribution in [0.25, 0.3) is 0 Å². The summed E-state index contributed by atoms with van der Waals surface area (Å²) in [6.45, 7) is 3.02. The highest BCUT2D eigenvalue weighted by molar-refractivity contribution is 9.10. The highest BCUT2D eigenvalue weighted by atomic mass is 79.9. The smallest absolute Gasteiger partial charge is 0.313 e. The lowest BCUT2D eigenvalue weighted by Crippen LogP contribution is -2.39. The van der Waals surface area contributed by atoms with Gasteiger partial charge in [0.1, 0.15) is 0 Å². The number of anilines is 1. The number of aryl methyl sites for hydroxylation is 1. The molecular weight excluding hydrogens is 324 g/mol. The quantitative estimate of drug-likeness (QED) is 0.827. The number of carbonyl (C=O) groups excluding carboxylic acids is 2. The van der Waals surface area contributed by atoms with E-state index in [2.05, 4.69) is 26.6 Å². The van der Waals surface area contributed by atoms with Gasteiger partial charge in [0, 0.05) is 23.3 Å². The zero-order chi connectivity index (χ0) is 14.5. The zero-order valence-corrected chi connectivity index (χ0v) is 12.8. The summed E-state index contributed by atoms with van der Waals surface area (Å²) in [4.78, 5) is 23.4. The fourth-order valence-electron chi connectivity index (χ4n) is 2.00. The predicted octanol–water partition coefficient (Wildman–Crippen LogP) is 1.99. The molecule has 0 bridgehead atoms. The molecule has 1 heterocycles. The Labute approximate surface area is 126 Å². The number of halogens is 1.